The van der Waals surface area contributed by atoms with Gasteiger partial charge in [-0.2, -0.15) is 0 Å². The van der Waals surface area contributed by atoms with Gasteiger partial charge in [0.05, 0.1) is 6.61 Å². The number of carbonyl (C=O) groups is 3. The lowest BCUT2D eigenvalue weighted by Gasteiger charge is -2.14. The van der Waals surface area contributed by atoms with E-state index in [2.05, 4.69) is 34.9 Å². The fourth-order valence-corrected chi connectivity index (χ4v) is 4.06. The monoisotopic (exact) mass is 454 g/mol. The second kappa shape index (κ2) is 12.0. The fraction of sp³-hybridized carbons (Fsp3) is 0.400. The number of aliphatic hydroxyl groups excluding tert-OH is 1. The Kier molecular flexibility index (Phi) is 8.83. The molecule has 0 aromatic heterocycles. The quantitative estimate of drug-likeness (QED) is 0.365. The van der Waals surface area contributed by atoms with Crippen LogP contribution < -0.4 is 10.6 Å². The lowest BCUT2D eigenvalue weighted by Crippen LogP contribution is -2.43. The predicted octanol–water partition coefficient (Wildman–Crippen LogP) is 3.04. The van der Waals surface area contributed by atoms with E-state index in [-0.39, 0.29) is 18.9 Å². The van der Waals surface area contributed by atoms with Crippen molar-refractivity contribution in [2.45, 2.75) is 44.1 Å². The third-order valence-corrected chi connectivity index (χ3v) is 5.76. The molecule has 0 unspecified atom stereocenters. The highest BCUT2D eigenvalue weighted by Gasteiger charge is 2.28. The van der Waals surface area contributed by atoms with Gasteiger partial charge in [0.1, 0.15) is 12.6 Å². The van der Waals surface area contributed by atoms with E-state index < -0.39 is 30.6 Å². The smallest absolute Gasteiger partial charge is 0.407 e. The minimum Gasteiger partial charge on any atom is -0.480 e. The van der Waals surface area contributed by atoms with Crippen LogP contribution in [-0.4, -0.2) is 54.0 Å². The molecule has 1 atom stereocenters. The van der Waals surface area contributed by atoms with Crippen molar-refractivity contribution < 1.29 is 29.3 Å². The number of ether oxygens (including phenoxy) is 1. The number of benzene rings is 2. The average Bonchev–Trinajstić information content (AvgIpc) is 3.14. The van der Waals surface area contributed by atoms with Crippen LogP contribution in [0.4, 0.5) is 4.79 Å². The normalized spacial score (nSPS) is 13.0. The van der Waals surface area contributed by atoms with E-state index >= 15 is 0 Å². The third-order valence-electron chi connectivity index (χ3n) is 5.76. The first-order valence-corrected chi connectivity index (χ1v) is 11.2. The van der Waals surface area contributed by atoms with Gasteiger partial charge in [0.2, 0.25) is 5.91 Å². The number of amides is 2. The van der Waals surface area contributed by atoms with Crippen LogP contribution in [0.1, 0.15) is 49.1 Å². The Morgan fingerprint density at radius 1 is 0.909 bits per heavy atom. The molecule has 0 bridgehead atoms. The maximum absolute atomic E-state index is 12.1. The Morgan fingerprint density at radius 2 is 1.52 bits per heavy atom. The number of carboxylic acid groups (broad SMARTS) is 1. The summed E-state index contributed by atoms with van der Waals surface area (Å²) >= 11 is 0. The third kappa shape index (κ3) is 6.55. The molecule has 0 heterocycles. The van der Waals surface area contributed by atoms with Crippen molar-refractivity contribution in [2.24, 2.45) is 0 Å². The summed E-state index contributed by atoms with van der Waals surface area (Å²) in [7, 11) is 0. The van der Waals surface area contributed by atoms with Crippen LogP contribution in [0.25, 0.3) is 11.1 Å². The summed E-state index contributed by atoms with van der Waals surface area (Å²) in [5.41, 5.74) is 4.71. The molecule has 2 amide bonds. The van der Waals surface area contributed by atoms with Crippen LogP contribution in [0.5, 0.6) is 0 Å². The van der Waals surface area contributed by atoms with Crippen molar-refractivity contribution in [1.82, 2.24) is 10.6 Å². The summed E-state index contributed by atoms with van der Waals surface area (Å²) in [4.78, 5) is 34.6. The average molecular weight is 455 g/mol. The van der Waals surface area contributed by atoms with Gasteiger partial charge in [-0.15, -0.1) is 0 Å². The van der Waals surface area contributed by atoms with E-state index in [4.69, 9.17) is 14.9 Å². The molecule has 1 aliphatic carbocycles. The van der Waals surface area contributed by atoms with Gasteiger partial charge in [0.25, 0.3) is 0 Å². The lowest BCUT2D eigenvalue weighted by atomic mass is 9.98. The predicted molar refractivity (Wildman–Crippen MR) is 123 cm³/mol. The zero-order chi connectivity index (χ0) is 23.6. The molecule has 0 aliphatic heterocycles. The van der Waals surface area contributed by atoms with Gasteiger partial charge in [-0.1, -0.05) is 61.4 Å². The van der Waals surface area contributed by atoms with Gasteiger partial charge in [0, 0.05) is 18.9 Å². The Labute approximate surface area is 193 Å². The number of aliphatic carboxylic acids is 1. The molecular formula is C25H30N2O6. The molecule has 4 N–H and O–H groups in total. The van der Waals surface area contributed by atoms with Crippen molar-refractivity contribution in [3.8, 4) is 11.1 Å². The first kappa shape index (κ1) is 24.3. The zero-order valence-corrected chi connectivity index (χ0v) is 18.5. The number of hydrogen-bond acceptors (Lipinski definition) is 5. The Morgan fingerprint density at radius 3 is 2.12 bits per heavy atom. The molecule has 8 nitrogen and oxygen atoms in total. The van der Waals surface area contributed by atoms with E-state index in [9.17, 15) is 14.4 Å². The molecule has 0 radical (unpaired) electrons. The van der Waals surface area contributed by atoms with E-state index in [1.54, 1.807) is 0 Å². The number of hydrogen-bond donors (Lipinski definition) is 4. The summed E-state index contributed by atoms with van der Waals surface area (Å²) < 4.78 is 5.49. The molecular weight excluding hydrogens is 424 g/mol. The number of fused-ring (bicyclic) bond motifs is 3. The number of nitrogens with one attached hydrogen (secondary N) is 2. The largest absolute Gasteiger partial charge is 0.480 e. The first-order valence-electron chi connectivity index (χ1n) is 11.2. The molecule has 2 aromatic carbocycles. The Bertz CT molecular complexity index is 931. The molecule has 0 spiro atoms. The second-order valence-electron chi connectivity index (χ2n) is 8.06. The van der Waals surface area contributed by atoms with Gasteiger partial charge in [-0.3, -0.25) is 4.79 Å². The molecule has 8 heteroatoms. The van der Waals surface area contributed by atoms with Crippen LogP contribution in [0.2, 0.25) is 0 Å². The van der Waals surface area contributed by atoms with Gasteiger partial charge >= 0.3 is 12.1 Å². The maximum atomic E-state index is 12.1. The standard InChI is InChI=1S/C25H30N2O6/c28-15-22(24(30)31)27-23(29)13-3-1-2-8-14-26-25(32)33-16-21-19-11-6-4-9-17(19)18-10-5-7-12-20(18)21/h4-7,9-12,21-22,28H,1-3,8,13-16H2,(H,26,32)(H,27,29)(H,30,31)/t22-/m0/s1. The highest BCUT2D eigenvalue weighted by molar-refractivity contribution is 5.83. The zero-order valence-electron chi connectivity index (χ0n) is 18.5. The summed E-state index contributed by atoms with van der Waals surface area (Å²) in [6.07, 6.45) is 2.70. The van der Waals surface area contributed by atoms with Crippen molar-refractivity contribution in [1.29, 1.82) is 0 Å². The molecule has 3 rings (SSSR count). The van der Waals surface area contributed by atoms with Gasteiger partial charge in [-0.05, 0) is 35.1 Å². The van der Waals surface area contributed by atoms with Crippen LogP contribution in [0.15, 0.2) is 48.5 Å². The molecule has 33 heavy (non-hydrogen) atoms. The van der Waals surface area contributed by atoms with Gasteiger partial charge in [0.15, 0.2) is 0 Å². The molecule has 0 saturated heterocycles. The van der Waals surface area contributed by atoms with Crippen molar-refractivity contribution >= 4 is 18.0 Å². The minimum absolute atomic E-state index is 0.0286. The van der Waals surface area contributed by atoms with Gasteiger partial charge < -0.3 is 25.6 Å². The molecule has 1 aliphatic rings. The van der Waals surface area contributed by atoms with E-state index in [0.717, 1.165) is 19.3 Å². The molecule has 0 fully saturated rings. The lowest BCUT2D eigenvalue weighted by molar-refractivity contribution is -0.142. The Balaban J connectivity index is 1.31. The SMILES string of the molecule is O=C(CCCCCCNC(=O)OCC1c2ccccc2-c2ccccc21)N[C@@H](CO)C(=O)O. The maximum Gasteiger partial charge on any atom is 0.407 e. The van der Waals surface area contributed by atoms with Crippen LogP contribution in [0.3, 0.4) is 0 Å². The molecule has 2 aromatic rings. The van der Waals surface area contributed by atoms with Gasteiger partial charge in [-0.25, -0.2) is 9.59 Å². The number of carbonyl (C=O) groups excluding carboxylic acids is 2. The van der Waals surface area contributed by atoms with Crippen molar-refractivity contribution in [2.75, 3.05) is 19.8 Å². The minimum atomic E-state index is -1.26. The van der Waals surface area contributed by atoms with Crippen LogP contribution in [-0.2, 0) is 14.3 Å². The number of alkyl carbamates (subject to hydrolysis) is 1. The number of aliphatic hydroxyl groups is 1. The molecule has 0 saturated carbocycles. The van der Waals surface area contributed by atoms with E-state index in [1.165, 1.54) is 22.3 Å². The summed E-state index contributed by atoms with van der Waals surface area (Å²) in [5, 5.41) is 22.7. The second-order valence-corrected chi connectivity index (χ2v) is 8.06. The number of carboxylic acids is 1. The number of unbranched alkanes of at least 4 members (excludes halogenated alkanes) is 3. The topological polar surface area (TPSA) is 125 Å². The summed E-state index contributed by atoms with van der Waals surface area (Å²) in [6.45, 7) is 0.122. The van der Waals surface area contributed by atoms with Crippen LogP contribution in [0, 0.1) is 0 Å². The summed E-state index contributed by atoms with van der Waals surface area (Å²) in [5.74, 6) is -1.63. The summed E-state index contributed by atoms with van der Waals surface area (Å²) in [6, 6.07) is 15.1. The number of rotatable bonds is 12. The first-order chi connectivity index (χ1) is 16.0. The highest BCUT2D eigenvalue weighted by Crippen LogP contribution is 2.44. The fourth-order valence-electron chi connectivity index (χ4n) is 4.06. The Hall–Kier alpha value is -3.39. The van der Waals surface area contributed by atoms with Crippen molar-refractivity contribution in [3.63, 3.8) is 0 Å². The highest BCUT2D eigenvalue weighted by atomic mass is 16.5. The molecule has 176 valence electrons. The van der Waals surface area contributed by atoms with E-state index in [0.29, 0.717) is 13.0 Å². The van der Waals surface area contributed by atoms with Crippen LogP contribution >= 0.6 is 0 Å². The van der Waals surface area contributed by atoms with Crippen molar-refractivity contribution in [3.05, 3.63) is 59.7 Å². The van der Waals surface area contributed by atoms with E-state index in [1.807, 2.05) is 24.3 Å².